The molecule has 1 saturated heterocycles. The number of hydrogen-bond acceptors (Lipinski definition) is 8. The topological polar surface area (TPSA) is 239 Å². The van der Waals surface area contributed by atoms with Gasteiger partial charge in [-0.2, -0.15) is 0 Å². The molecule has 11 N–H and O–H groups in total. The number of likely N-dealkylation sites (tertiary alicyclic amines) is 1. The molecule has 2 aromatic rings. The first kappa shape index (κ1) is 41.6. The van der Waals surface area contributed by atoms with Crippen molar-refractivity contribution in [2.24, 2.45) is 23.1 Å². The quantitative estimate of drug-likeness (QED) is 0.0583. The number of piperidine rings is 1. The summed E-state index contributed by atoms with van der Waals surface area (Å²) in [7, 11) is 0. The summed E-state index contributed by atoms with van der Waals surface area (Å²) < 4.78 is 0. The standard InChI is InChI=1S/C38H57N9O5/c1-25(2)22-31(34(50)44-30(16-10-11-19-43-37(40)41)36(52)47-20-17-38(42,18-21-47)26(3)48)46-35(51)32(24-28-14-8-5-9-15-28)45-33(49)29(39)23-27-12-6-4-7-13-27/h4-9,12-15,25,29-32H,10-11,16-24,39,42H2,1-3H3,(H,44,50)(H,45,49)(H,46,51)(H4,40,41,43)/t29-,30-,31-,32-/m1/s1. The highest BCUT2D eigenvalue weighted by Gasteiger charge is 2.38. The summed E-state index contributed by atoms with van der Waals surface area (Å²) in [4.78, 5) is 68.8. The number of nitrogens with one attached hydrogen (secondary N) is 5. The average molecular weight is 720 g/mol. The molecule has 14 nitrogen and oxygen atoms in total. The third kappa shape index (κ3) is 13.4. The second kappa shape index (κ2) is 20.3. The number of benzene rings is 2. The van der Waals surface area contributed by atoms with Gasteiger partial charge in [-0.05, 0) is 68.9 Å². The van der Waals surface area contributed by atoms with Crippen LogP contribution in [0.15, 0.2) is 60.7 Å². The second-order valence-corrected chi connectivity index (χ2v) is 14.2. The molecule has 4 amide bonds. The minimum Gasteiger partial charge on any atom is -0.370 e. The van der Waals surface area contributed by atoms with Gasteiger partial charge in [0.15, 0.2) is 5.96 Å². The highest BCUT2D eigenvalue weighted by molar-refractivity contribution is 5.95. The molecule has 0 radical (unpaired) electrons. The Kier molecular flexibility index (Phi) is 16.2. The summed E-state index contributed by atoms with van der Waals surface area (Å²) in [6.45, 7) is 6.26. The van der Waals surface area contributed by atoms with Gasteiger partial charge in [0, 0.05) is 26.1 Å². The molecule has 0 aliphatic carbocycles. The van der Waals surface area contributed by atoms with Gasteiger partial charge in [0.2, 0.25) is 23.6 Å². The maximum Gasteiger partial charge on any atom is 0.245 e. The van der Waals surface area contributed by atoms with Crippen LogP contribution < -0.4 is 38.5 Å². The minimum atomic E-state index is -1.03. The zero-order valence-corrected chi connectivity index (χ0v) is 30.7. The Labute approximate surface area is 306 Å². The number of guanidine groups is 1. The van der Waals surface area contributed by atoms with Crippen LogP contribution in [0.1, 0.15) is 70.4 Å². The van der Waals surface area contributed by atoms with Crippen molar-refractivity contribution in [1.82, 2.24) is 26.2 Å². The zero-order valence-electron chi connectivity index (χ0n) is 30.7. The monoisotopic (exact) mass is 719 g/mol. The molecule has 1 aliphatic heterocycles. The first-order valence-electron chi connectivity index (χ1n) is 18.1. The van der Waals surface area contributed by atoms with E-state index < -0.39 is 47.4 Å². The van der Waals surface area contributed by atoms with Crippen molar-refractivity contribution in [3.05, 3.63) is 71.8 Å². The number of Topliss-reactive ketones (excluding diaryl/α,β-unsaturated/α-hetero) is 1. The summed E-state index contributed by atoms with van der Waals surface area (Å²) >= 11 is 0. The third-order valence-corrected chi connectivity index (χ3v) is 9.41. The van der Waals surface area contributed by atoms with E-state index in [0.717, 1.165) is 11.1 Å². The van der Waals surface area contributed by atoms with E-state index in [1.54, 1.807) is 4.90 Å². The van der Waals surface area contributed by atoms with Crippen LogP contribution in [-0.4, -0.2) is 89.6 Å². The van der Waals surface area contributed by atoms with Crippen LogP contribution >= 0.6 is 0 Å². The van der Waals surface area contributed by atoms with Crippen molar-refractivity contribution < 1.29 is 24.0 Å². The van der Waals surface area contributed by atoms with Gasteiger partial charge in [0.25, 0.3) is 0 Å². The number of carbonyl (C=O) groups is 5. The van der Waals surface area contributed by atoms with Crippen molar-refractivity contribution in [3.8, 4) is 0 Å². The molecule has 0 unspecified atom stereocenters. The number of rotatable bonds is 19. The number of unbranched alkanes of at least 4 members (excludes halogenated alkanes) is 1. The highest BCUT2D eigenvalue weighted by atomic mass is 16.2. The average Bonchev–Trinajstić information content (AvgIpc) is 3.10. The maximum absolute atomic E-state index is 14.0. The Morgan fingerprint density at radius 3 is 1.85 bits per heavy atom. The van der Waals surface area contributed by atoms with Crippen LogP contribution in [0.3, 0.4) is 0 Å². The summed E-state index contributed by atoms with van der Waals surface area (Å²) in [5, 5.41) is 18.7. The van der Waals surface area contributed by atoms with Crippen LogP contribution in [0.2, 0.25) is 0 Å². The van der Waals surface area contributed by atoms with E-state index in [1.807, 2.05) is 74.5 Å². The predicted octanol–water partition coefficient (Wildman–Crippen LogP) is 0.862. The number of nitrogens with zero attached hydrogens (tertiary/aromatic N) is 1. The normalized spacial score (nSPS) is 16.2. The molecule has 0 bridgehead atoms. The summed E-state index contributed by atoms with van der Waals surface area (Å²) in [5.74, 6) is -2.16. The SMILES string of the molecule is CC(=O)C1(N)CCN(C(=O)[C@@H](CCCCNC(=N)N)NC(=O)[C@@H](CC(C)C)NC(=O)[C@@H](Cc2ccccc2)NC(=O)[C@H](N)Cc2ccccc2)CC1. The number of nitrogens with two attached hydrogens (primary N) is 3. The van der Waals surface area contributed by atoms with Crippen LogP contribution in [0.25, 0.3) is 0 Å². The fourth-order valence-corrected chi connectivity index (χ4v) is 6.20. The third-order valence-electron chi connectivity index (χ3n) is 9.41. The van der Waals surface area contributed by atoms with Gasteiger partial charge in [-0.1, -0.05) is 74.5 Å². The fraction of sp³-hybridized carbons (Fsp3) is 0.526. The summed E-state index contributed by atoms with van der Waals surface area (Å²) in [5.41, 5.74) is 18.6. The lowest BCUT2D eigenvalue weighted by atomic mass is 9.85. The van der Waals surface area contributed by atoms with Crippen molar-refractivity contribution in [2.45, 2.75) is 102 Å². The minimum absolute atomic E-state index is 0.00401. The van der Waals surface area contributed by atoms with E-state index in [4.69, 9.17) is 22.6 Å². The molecule has 0 aromatic heterocycles. The molecule has 14 heteroatoms. The van der Waals surface area contributed by atoms with E-state index in [9.17, 15) is 24.0 Å². The zero-order chi connectivity index (χ0) is 38.3. The highest BCUT2D eigenvalue weighted by Crippen LogP contribution is 2.22. The molecule has 1 fully saturated rings. The Balaban J connectivity index is 1.78. The Bertz CT molecular complexity index is 1500. The smallest absolute Gasteiger partial charge is 0.245 e. The first-order chi connectivity index (χ1) is 24.7. The molecule has 4 atom stereocenters. The van der Waals surface area contributed by atoms with Crippen LogP contribution in [0, 0.1) is 11.3 Å². The molecular weight excluding hydrogens is 662 g/mol. The van der Waals surface area contributed by atoms with Crippen LogP contribution in [0.5, 0.6) is 0 Å². The predicted molar refractivity (Wildman–Crippen MR) is 201 cm³/mol. The van der Waals surface area contributed by atoms with Gasteiger partial charge >= 0.3 is 0 Å². The summed E-state index contributed by atoms with van der Waals surface area (Å²) in [6, 6.07) is 14.7. The number of amides is 4. The van der Waals surface area contributed by atoms with Crippen molar-refractivity contribution in [2.75, 3.05) is 19.6 Å². The van der Waals surface area contributed by atoms with E-state index in [0.29, 0.717) is 38.6 Å². The number of carbonyl (C=O) groups excluding carboxylic acids is 5. The summed E-state index contributed by atoms with van der Waals surface area (Å²) in [6.07, 6.45) is 2.78. The van der Waals surface area contributed by atoms with E-state index in [2.05, 4.69) is 21.3 Å². The lowest BCUT2D eigenvalue weighted by Gasteiger charge is -2.39. The lowest BCUT2D eigenvalue weighted by Crippen LogP contribution is -2.60. The Morgan fingerprint density at radius 1 is 0.788 bits per heavy atom. The fourth-order valence-electron chi connectivity index (χ4n) is 6.20. The molecule has 3 rings (SSSR count). The van der Waals surface area contributed by atoms with Crippen molar-refractivity contribution in [3.63, 3.8) is 0 Å². The second-order valence-electron chi connectivity index (χ2n) is 14.2. The molecule has 2 aromatic carbocycles. The largest absolute Gasteiger partial charge is 0.370 e. The molecule has 1 aliphatic rings. The molecule has 0 spiro atoms. The van der Waals surface area contributed by atoms with Crippen LogP contribution in [0.4, 0.5) is 0 Å². The van der Waals surface area contributed by atoms with Gasteiger partial charge in [0.05, 0.1) is 11.6 Å². The Morgan fingerprint density at radius 2 is 1.31 bits per heavy atom. The molecular formula is C38H57N9O5. The molecule has 0 saturated carbocycles. The van der Waals surface area contributed by atoms with Crippen molar-refractivity contribution in [1.29, 1.82) is 5.41 Å². The van der Waals surface area contributed by atoms with Crippen LogP contribution in [-0.2, 0) is 36.8 Å². The van der Waals surface area contributed by atoms with E-state index in [-0.39, 0.29) is 55.9 Å². The van der Waals surface area contributed by atoms with Gasteiger partial charge < -0.3 is 43.4 Å². The van der Waals surface area contributed by atoms with Gasteiger partial charge in [0.1, 0.15) is 23.9 Å². The van der Waals surface area contributed by atoms with Gasteiger partial charge in [-0.25, -0.2) is 0 Å². The molecule has 52 heavy (non-hydrogen) atoms. The maximum atomic E-state index is 14.0. The van der Waals surface area contributed by atoms with Gasteiger partial charge in [-0.3, -0.25) is 29.4 Å². The van der Waals surface area contributed by atoms with Gasteiger partial charge in [-0.15, -0.1) is 0 Å². The molecule has 1 heterocycles. The van der Waals surface area contributed by atoms with E-state index >= 15 is 0 Å². The first-order valence-corrected chi connectivity index (χ1v) is 18.1. The number of ketones is 1. The Hall–Kier alpha value is -4.82. The number of hydrogen-bond donors (Lipinski definition) is 8. The molecule has 284 valence electrons. The van der Waals surface area contributed by atoms with E-state index in [1.165, 1.54) is 6.92 Å². The lowest BCUT2D eigenvalue weighted by molar-refractivity contribution is -0.140. The van der Waals surface area contributed by atoms with Crippen molar-refractivity contribution >= 4 is 35.4 Å².